The second kappa shape index (κ2) is 6.71. The van der Waals surface area contributed by atoms with Gasteiger partial charge in [-0.3, -0.25) is 5.43 Å². The minimum atomic E-state index is -0.266. The summed E-state index contributed by atoms with van der Waals surface area (Å²) < 4.78 is 5.78. The topological polar surface area (TPSA) is 96.6 Å². The fourth-order valence-corrected chi connectivity index (χ4v) is 2.41. The highest BCUT2D eigenvalue weighted by molar-refractivity contribution is 9.10. The number of nitrogen functional groups attached to an aromatic ring is 1. The number of ether oxygens (including phenoxy) is 1. The molecule has 0 spiro atoms. The molecule has 1 aromatic heterocycles. The normalized spacial score (nSPS) is 15.2. The van der Waals surface area contributed by atoms with E-state index in [2.05, 4.69) is 36.2 Å². The van der Waals surface area contributed by atoms with Gasteiger partial charge in [0.25, 0.3) is 0 Å². The molecular weight excluding hydrogens is 328 g/mol. The molecule has 1 saturated heterocycles. The van der Waals surface area contributed by atoms with Crippen molar-refractivity contribution in [3.63, 3.8) is 0 Å². The Morgan fingerprint density at radius 1 is 1.50 bits per heavy atom. The predicted octanol–water partition coefficient (Wildman–Crippen LogP) is 0.803. The first-order valence-electron chi connectivity index (χ1n) is 6.31. The van der Waals surface area contributed by atoms with E-state index in [0.717, 1.165) is 10.3 Å². The van der Waals surface area contributed by atoms with Crippen LogP contribution in [-0.2, 0) is 4.74 Å². The first kappa shape index (κ1) is 14.8. The average Bonchev–Trinajstić information content (AvgIpc) is 2.48. The number of halogens is 1. The summed E-state index contributed by atoms with van der Waals surface area (Å²) in [6.07, 6.45) is 1.38. The van der Waals surface area contributed by atoms with Crippen molar-refractivity contribution in [2.24, 2.45) is 5.84 Å². The number of nitrogens with one attached hydrogen (secondary N) is 1. The minimum absolute atomic E-state index is 0.266. The Kier molecular flexibility index (Phi) is 4.96. The van der Waals surface area contributed by atoms with Gasteiger partial charge in [-0.25, -0.2) is 15.6 Å². The SMILES string of the molecule is CCOC(=O)N1CCN(c2nc(NN)ncc2Br)CC1. The predicted molar refractivity (Wildman–Crippen MR) is 78.4 cm³/mol. The van der Waals surface area contributed by atoms with Gasteiger partial charge in [0.05, 0.1) is 11.1 Å². The fourth-order valence-electron chi connectivity index (χ4n) is 1.97. The lowest BCUT2D eigenvalue weighted by Gasteiger charge is -2.35. The summed E-state index contributed by atoms with van der Waals surface area (Å²) in [6, 6.07) is 0. The molecule has 0 unspecified atom stereocenters. The molecule has 0 aliphatic carbocycles. The second-order valence-corrected chi connectivity index (χ2v) is 5.04. The quantitative estimate of drug-likeness (QED) is 0.618. The zero-order valence-corrected chi connectivity index (χ0v) is 12.8. The molecule has 0 radical (unpaired) electrons. The van der Waals surface area contributed by atoms with Crippen molar-refractivity contribution in [3.8, 4) is 0 Å². The largest absolute Gasteiger partial charge is 0.450 e. The van der Waals surface area contributed by atoms with Crippen LogP contribution in [0.2, 0.25) is 0 Å². The van der Waals surface area contributed by atoms with Crippen molar-refractivity contribution in [1.29, 1.82) is 0 Å². The maximum atomic E-state index is 11.6. The number of anilines is 2. The Morgan fingerprint density at radius 3 is 2.80 bits per heavy atom. The number of carbonyl (C=O) groups is 1. The standard InChI is InChI=1S/C11H17BrN6O2/c1-2-20-11(19)18-5-3-17(4-6-18)9-8(12)7-14-10(15-9)16-13/h7H,2-6,13H2,1H3,(H,14,15,16). The molecule has 0 atom stereocenters. The maximum absolute atomic E-state index is 11.6. The number of hydrazine groups is 1. The van der Waals surface area contributed by atoms with E-state index in [9.17, 15) is 4.79 Å². The molecule has 1 amide bonds. The summed E-state index contributed by atoms with van der Waals surface area (Å²) in [5.74, 6) is 6.43. The molecule has 8 nitrogen and oxygen atoms in total. The minimum Gasteiger partial charge on any atom is -0.450 e. The van der Waals surface area contributed by atoms with Crippen molar-refractivity contribution >= 4 is 33.8 Å². The van der Waals surface area contributed by atoms with Crippen LogP contribution in [0.5, 0.6) is 0 Å². The Hall–Kier alpha value is -1.61. The first-order valence-corrected chi connectivity index (χ1v) is 7.10. The van der Waals surface area contributed by atoms with E-state index in [1.165, 1.54) is 0 Å². The lowest BCUT2D eigenvalue weighted by molar-refractivity contribution is 0.105. The molecule has 1 aliphatic rings. The zero-order chi connectivity index (χ0) is 14.5. The van der Waals surface area contributed by atoms with E-state index >= 15 is 0 Å². The van der Waals surface area contributed by atoms with Gasteiger partial charge in [-0.15, -0.1) is 0 Å². The average molecular weight is 345 g/mol. The first-order chi connectivity index (χ1) is 9.65. The van der Waals surface area contributed by atoms with Crippen molar-refractivity contribution in [2.75, 3.05) is 43.1 Å². The summed E-state index contributed by atoms with van der Waals surface area (Å²) in [5.41, 5.74) is 2.42. The third-order valence-electron chi connectivity index (χ3n) is 2.96. The van der Waals surface area contributed by atoms with Gasteiger partial charge >= 0.3 is 6.09 Å². The summed E-state index contributed by atoms with van der Waals surface area (Å²) >= 11 is 3.42. The van der Waals surface area contributed by atoms with Gasteiger partial charge < -0.3 is 14.5 Å². The van der Waals surface area contributed by atoms with Crippen LogP contribution in [-0.4, -0.2) is 53.7 Å². The second-order valence-electron chi connectivity index (χ2n) is 4.18. The fraction of sp³-hybridized carbons (Fsp3) is 0.545. The summed E-state index contributed by atoms with van der Waals surface area (Å²) in [7, 11) is 0. The van der Waals surface area contributed by atoms with Crippen LogP contribution in [0.4, 0.5) is 16.6 Å². The monoisotopic (exact) mass is 344 g/mol. The Balaban J connectivity index is 2.02. The van der Waals surface area contributed by atoms with Gasteiger partial charge in [0, 0.05) is 32.4 Å². The summed E-state index contributed by atoms with van der Waals surface area (Å²) in [6.45, 7) is 4.74. The molecule has 3 N–H and O–H groups in total. The van der Waals surface area contributed by atoms with Crippen LogP contribution in [0.15, 0.2) is 10.7 Å². The van der Waals surface area contributed by atoms with E-state index in [0.29, 0.717) is 38.7 Å². The van der Waals surface area contributed by atoms with Crippen molar-refractivity contribution < 1.29 is 9.53 Å². The van der Waals surface area contributed by atoms with Crippen LogP contribution >= 0.6 is 15.9 Å². The number of nitrogens with two attached hydrogens (primary N) is 1. The summed E-state index contributed by atoms with van der Waals surface area (Å²) in [4.78, 5) is 23.7. The summed E-state index contributed by atoms with van der Waals surface area (Å²) in [5, 5.41) is 0. The van der Waals surface area contributed by atoms with Gasteiger partial charge in [-0.2, -0.15) is 4.98 Å². The lowest BCUT2D eigenvalue weighted by Crippen LogP contribution is -2.49. The molecule has 9 heteroatoms. The van der Waals surface area contributed by atoms with Crippen molar-refractivity contribution in [1.82, 2.24) is 14.9 Å². The molecule has 0 bridgehead atoms. The molecular formula is C11H17BrN6O2. The van der Waals surface area contributed by atoms with Crippen LogP contribution in [0.1, 0.15) is 6.92 Å². The van der Waals surface area contributed by atoms with Crippen molar-refractivity contribution in [2.45, 2.75) is 6.92 Å². The van der Waals surface area contributed by atoms with Crippen LogP contribution < -0.4 is 16.2 Å². The number of rotatable bonds is 3. The third-order valence-corrected chi connectivity index (χ3v) is 3.52. The number of hydrogen-bond donors (Lipinski definition) is 2. The Morgan fingerprint density at radius 2 is 2.20 bits per heavy atom. The van der Waals surface area contributed by atoms with Crippen molar-refractivity contribution in [3.05, 3.63) is 10.7 Å². The molecule has 1 fully saturated rings. The number of hydrogen-bond acceptors (Lipinski definition) is 7. The molecule has 2 rings (SSSR count). The third kappa shape index (κ3) is 3.28. The molecule has 0 saturated carbocycles. The van der Waals surface area contributed by atoms with E-state index in [4.69, 9.17) is 10.6 Å². The number of piperazine rings is 1. The van der Waals surface area contributed by atoms with Crippen LogP contribution in [0.3, 0.4) is 0 Å². The van der Waals surface area contributed by atoms with Gasteiger partial charge in [0.15, 0.2) is 0 Å². The van der Waals surface area contributed by atoms with E-state index in [1.807, 2.05) is 0 Å². The highest BCUT2D eigenvalue weighted by atomic mass is 79.9. The highest BCUT2D eigenvalue weighted by Gasteiger charge is 2.24. The van der Waals surface area contributed by atoms with Gasteiger partial charge in [-0.1, -0.05) is 0 Å². The number of nitrogens with zero attached hydrogens (tertiary/aromatic N) is 4. The van der Waals surface area contributed by atoms with E-state index < -0.39 is 0 Å². The molecule has 1 aliphatic heterocycles. The maximum Gasteiger partial charge on any atom is 0.409 e. The number of carbonyl (C=O) groups excluding carboxylic acids is 1. The molecule has 1 aromatic rings. The number of amides is 1. The smallest absolute Gasteiger partial charge is 0.409 e. The molecule has 2 heterocycles. The molecule has 110 valence electrons. The zero-order valence-electron chi connectivity index (χ0n) is 11.2. The Labute approximate surface area is 125 Å². The van der Waals surface area contributed by atoms with Crippen LogP contribution in [0.25, 0.3) is 0 Å². The van der Waals surface area contributed by atoms with Gasteiger partial charge in [0.1, 0.15) is 5.82 Å². The van der Waals surface area contributed by atoms with Crippen LogP contribution in [0, 0.1) is 0 Å². The Bertz CT molecular complexity index is 478. The molecule has 0 aromatic carbocycles. The van der Waals surface area contributed by atoms with E-state index in [1.54, 1.807) is 18.0 Å². The van der Waals surface area contributed by atoms with E-state index in [-0.39, 0.29) is 6.09 Å². The number of aromatic nitrogens is 2. The molecule has 20 heavy (non-hydrogen) atoms. The highest BCUT2D eigenvalue weighted by Crippen LogP contribution is 2.25. The van der Waals surface area contributed by atoms with Gasteiger partial charge in [-0.05, 0) is 22.9 Å². The van der Waals surface area contributed by atoms with Gasteiger partial charge in [0.2, 0.25) is 5.95 Å². The lowest BCUT2D eigenvalue weighted by atomic mass is 10.3.